The van der Waals surface area contributed by atoms with Crippen LogP contribution in [0.5, 0.6) is 0 Å². The van der Waals surface area contributed by atoms with Crippen LogP contribution < -0.4 is 0 Å². The lowest BCUT2D eigenvalue weighted by atomic mass is 10.1. The molecular formula is C19H26N4O. The van der Waals surface area contributed by atoms with Crippen molar-refractivity contribution in [3.05, 3.63) is 23.5 Å². The van der Waals surface area contributed by atoms with Gasteiger partial charge in [-0.15, -0.1) is 0 Å². The average molecular weight is 326 g/mol. The molecule has 128 valence electrons. The van der Waals surface area contributed by atoms with Gasteiger partial charge in [-0.2, -0.15) is 5.10 Å². The lowest BCUT2D eigenvalue weighted by Crippen LogP contribution is -2.38. The van der Waals surface area contributed by atoms with Crippen molar-refractivity contribution in [2.45, 2.75) is 77.4 Å². The van der Waals surface area contributed by atoms with Gasteiger partial charge in [-0.05, 0) is 59.4 Å². The first-order valence-electron chi connectivity index (χ1n) is 9.18. The molecule has 0 bridgehead atoms. The highest BCUT2D eigenvalue weighted by molar-refractivity contribution is 6.06. The molecule has 24 heavy (non-hydrogen) atoms. The first-order chi connectivity index (χ1) is 11.5. The predicted molar refractivity (Wildman–Crippen MR) is 94.2 cm³/mol. The average Bonchev–Trinajstić information content (AvgIpc) is 3.43. The summed E-state index contributed by atoms with van der Waals surface area (Å²) in [6.07, 6.45) is 6.42. The van der Waals surface area contributed by atoms with Crippen LogP contribution in [-0.2, 0) is 0 Å². The summed E-state index contributed by atoms with van der Waals surface area (Å²) in [5, 5.41) is 5.40. The Balaban J connectivity index is 1.85. The Morgan fingerprint density at radius 3 is 2.46 bits per heavy atom. The normalized spacial score (nSPS) is 17.9. The molecule has 0 spiro atoms. The quantitative estimate of drug-likeness (QED) is 0.837. The largest absolute Gasteiger partial charge is 0.333 e. The number of fused-ring (bicyclic) bond motifs is 1. The Morgan fingerprint density at radius 1 is 1.21 bits per heavy atom. The number of aromatic nitrogens is 3. The fourth-order valence-corrected chi connectivity index (χ4v) is 3.49. The number of nitrogens with zero attached hydrogens (tertiary/aromatic N) is 4. The molecule has 1 amide bonds. The molecule has 0 saturated heterocycles. The van der Waals surface area contributed by atoms with Crippen molar-refractivity contribution < 1.29 is 4.79 Å². The fraction of sp³-hybridized carbons (Fsp3) is 0.632. The van der Waals surface area contributed by atoms with E-state index in [0.717, 1.165) is 35.1 Å². The standard InChI is InChI=1S/C19H26N4O/c1-11(2)22(14-7-8-14)19(24)15-9-17(13-5-6-13)21-18-16(15)10-20-23(18)12(3)4/h9-14H,5-8H2,1-4H3. The van der Waals surface area contributed by atoms with Crippen LogP contribution in [0.4, 0.5) is 0 Å². The van der Waals surface area contributed by atoms with Crippen LogP contribution in [-0.4, -0.2) is 37.7 Å². The Kier molecular flexibility index (Phi) is 3.62. The predicted octanol–water partition coefficient (Wildman–Crippen LogP) is 3.90. The first kappa shape index (κ1) is 15.6. The Labute approximate surface area is 143 Å². The number of pyridine rings is 1. The third-order valence-corrected chi connectivity index (χ3v) is 5.03. The molecule has 0 aromatic carbocycles. The van der Waals surface area contributed by atoms with Gasteiger partial charge in [-0.25, -0.2) is 9.67 Å². The van der Waals surface area contributed by atoms with Gasteiger partial charge in [-0.3, -0.25) is 4.79 Å². The molecule has 2 aliphatic carbocycles. The molecule has 2 saturated carbocycles. The molecular weight excluding hydrogens is 300 g/mol. The minimum atomic E-state index is 0.144. The lowest BCUT2D eigenvalue weighted by Gasteiger charge is -2.27. The van der Waals surface area contributed by atoms with Gasteiger partial charge in [0.05, 0.1) is 17.1 Å². The number of hydrogen-bond donors (Lipinski definition) is 0. The van der Waals surface area contributed by atoms with Crippen LogP contribution in [0, 0.1) is 0 Å². The van der Waals surface area contributed by atoms with Crippen LogP contribution in [0.1, 0.15) is 81.4 Å². The smallest absolute Gasteiger partial charge is 0.255 e. The van der Waals surface area contributed by atoms with Gasteiger partial charge in [0.15, 0.2) is 5.65 Å². The van der Waals surface area contributed by atoms with Gasteiger partial charge in [0.1, 0.15) is 0 Å². The second-order valence-electron chi connectivity index (χ2n) is 7.83. The highest BCUT2D eigenvalue weighted by Gasteiger charge is 2.36. The second-order valence-corrected chi connectivity index (χ2v) is 7.83. The molecule has 0 radical (unpaired) electrons. The van der Waals surface area contributed by atoms with E-state index in [1.54, 1.807) is 0 Å². The van der Waals surface area contributed by atoms with Crippen LogP contribution >= 0.6 is 0 Å². The van der Waals surface area contributed by atoms with Crippen LogP contribution in [0.15, 0.2) is 12.3 Å². The van der Waals surface area contributed by atoms with Crippen molar-refractivity contribution in [1.29, 1.82) is 0 Å². The van der Waals surface area contributed by atoms with Crippen LogP contribution in [0.25, 0.3) is 11.0 Å². The van der Waals surface area contributed by atoms with Crippen LogP contribution in [0.3, 0.4) is 0 Å². The maximum Gasteiger partial charge on any atom is 0.255 e. The van der Waals surface area contributed by atoms with Crippen molar-refractivity contribution in [3.8, 4) is 0 Å². The fourth-order valence-electron chi connectivity index (χ4n) is 3.49. The molecule has 2 heterocycles. The van der Waals surface area contributed by atoms with E-state index in [1.807, 2.05) is 16.9 Å². The second kappa shape index (κ2) is 5.57. The van der Waals surface area contributed by atoms with E-state index in [2.05, 4.69) is 37.7 Å². The topological polar surface area (TPSA) is 51.0 Å². The third kappa shape index (κ3) is 2.60. The third-order valence-electron chi connectivity index (χ3n) is 5.03. The minimum absolute atomic E-state index is 0.144. The van der Waals surface area contributed by atoms with Gasteiger partial charge in [0, 0.05) is 29.7 Å². The van der Waals surface area contributed by atoms with Crippen molar-refractivity contribution >= 4 is 16.9 Å². The van der Waals surface area contributed by atoms with E-state index in [0.29, 0.717) is 12.0 Å². The molecule has 2 aromatic rings. The van der Waals surface area contributed by atoms with E-state index >= 15 is 0 Å². The molecule has 2 aliphatic rings. The van der Waals surface area contributed by atoms with Gasteiger partial charge in [-0.1, -0.05) is 0 Å². The maximum atomic E-state index is 13.3. The van der Waals surface area contributed by atoms with Gasteiger partial charge >= 0.3 is 0 Å². The summed E-state index contributed by atoms with van der Waals surface area (Å²) in [6, 6.07) is 2.90. The Morgan fingerprint density at radius 2 is 1.92 bits per heavy atom. The number of amides is 1. The first-order valence-corrected chi connectivity index (χ1v) is 9.18. The number of carbonyl (C=O) groups is 1. The van der Waals surface area contributed by atoms with E-state index in [1.165, 1.54) is 12.8 Å². The highest BCUT2D eigenvalue weighted by atomic mass is 16.2. The van der Waals surface area contributed by atoms with Gasteiger partial charge in [0.25, 0.3) is 5.91 Å². The zero-order valence-corrected chi connectivity index (χ0v) is 15.0. The van der Waals surface area contributed by atoms with E-state index in [-0.39, 0.29) is 18.0 Å². The molecule has 0 atom stereocenters. The summed E-state index contributed by atoms with van der Waals surface area (Å²) in [5.41, 5.74) is 2.71. The maximum absolute atomic E-state index is 13.3. The number of hydrogen-bond acceptors (Lipinski definition) is 3. The van der Waals surface area contributed by atoms with E-state index < -0.39 is 0 Å². The molecule has 5 nitrogen and oxygen atoms in total. The van der Waals surface area contributed by atoms with Crippen molar-refractivity contribution in [2.24, 2.45) is 0 Å². The summed E-state index contributed by atoms with van der Waals surface area (Å²) in [6.45, 7) is 8.41. The highest BCUT2D eigenvalue weighted by Crippen LogP contribution is 2.41. The number of rotatable bonds is 5. The zero-order valence-electron chi connectivity index (χ0n) is 15.0. The lowest BCUT2D eigenvalue weighted by molar-refractivity contribution is 0.0692. The molecule has 2 aromatic heterocycles. The summed E-state index contributed by atoms with van der Waals surface area (Å²) < 4.78 is 1.94. The van der Waals surface area contributed by atoms with Crippen molar-refractivity contribution in [1.82, 2.24) is 19.7 Å². The molecule has 0 N–H and O–H groups in total. The molecule has 2 fully saturated rings. The van der Waals surface area contributed by atoms with E-state index in [9.17, 15) is 4.79 Å². The van der Waals surface area contributed by atoms with Gasteiger partial charge < -0.3 is 4.90 Å². The van der Waals surface area contributed by atoms with Crippen molar-refractivity contribution in [3.63, 3.8) is 0 Å². The zero-order chi connectivity index (χ0) is 17.0. The molecule has 5 heteroatoms. The minimum Gasteiger partial charge on any atom is -0.333 e. The molecule has 0 unspecified atom stereocenters. The SMILES string of the molecule is CC(C)N(C(=O)c1cc(C2CC2)nc2c1cnn2C(C)C)C1CC1. The Bertz CT molecular complexity index is 782. The van der Waals surface area contributed by atoms with Crippen molar-refractivity contribution in [2.75, 3.05) is 0 Å². The molecule has 0 aliphatic heterocycles. The monoisotopic (exact) mass is 326 g/mol. The summed E-state index contributed by atoms with van der Waals surface area (Å²) in [4.78, 5) is 20.2. The summed E-state index contributed by atoms with van der Waals surface area (Å²) in [7, 11) is 0. The Hall–Kier alpha value is -1.91. The summed E-state index contributed by atoms with van der Waals surface area (Å²) in [5.74, 6) is 0.662. The molecule has 4 rings (SSSR count). The summed E-state index contributed by atoms with van der Waals surface area (Å²) >= 11 is 0. The number of carbonyl (C=O) groups excluding carboxylic acids is 1. The van der Waals surface area contributed by atoms with Crippen LogP contribution in [0.2, 0.25) is 0 Å². The van der Waals surface area contributed by atoms with Gasteiger partial charge in [0.2, 0.25) is 0 Å². The van der Waals surface area contributed by atoms with E-state index in [4.69, 9.17) is 4.98 Å².